The third kappa shape index (κ3) is 4.98. The number of imidazole rings is 1. The van der Waals surface area contributed by atoms with Crippen LogP contribution in [0.2, 0.25) is 0 Å². The maximum Gasteiger partial charge on any atom is 0.238 e. The molecule has 4 rings (SSSR count). The van der Waals surface area contributed by atoms with Crippen molar-refractivity contribution in [2.75, 3.05) is 11.1 Å². The number of nitrogens with one attached hydrogen (secondary N) is 1. The monoisotopic (exact) mass is 470 g/mol. The number of hydrogen-bond donors (Lipinski definition) is 3. The van der Waals surface area contributed by atoms with Gasteiger partial charge in [0.2, 0.25) is 21.9 Å². The second kappa shape index (κ2) is 9.10. The van der Waals surface area contributed by atoms with Crippen molar-refractivity contribution < 1.29 is 8.42 Å². The summed E-state index contributed by atoms with van der Waals surface area (Å²) >= 11 is 1.44. The second-order valence-corrected chi connectivity index (χ2v) is 9.46. The molecule has 12 heteroatoms. The average Bonchev–Trinajstić information content (AvgIpc) is 3.09. The van der Waals surface area contributed by atoms with Gasteiger partial charge in [-0.1, -0.05) is 36.9 Å². The first-order valence-electron chi connectivity index (χ1n) is 9.82. The number of anilines is 3. The molecule has 4 aromatic rings. The van der Waals surface area contributed by atoms with Crippen LogP contribution in [0.15, 0.2) is 58.6 Å². The second-order valence-electron chi connectivity index (χ2n) is 6.95. The topological polar surface area (TPSA) is 155 Å². The van der Waals surface area contributed by atoms with Crippen molar-refractivity contribution >= 4 is 50.4 Å². The summed E-state index contributed by atoms with van der Waals surface area (Å²) in [5.41, 5.74) is 8.12. The van der Waals surface area contributed by atoms with Crippen LogP contribution in [0.25, 0.3) is 11.0 Å². The van der Waals surface area contributed by atoms with Gasteiger partial charge in [0.05, 0.1) is 21.7 Å². The lowest BCUT2D eigenvalue weighted by molar-refractivity contribution is 0.598. The van der Waals surface area contributed by atoms with E-state index in [1.54, 1.807) is 6.07 Å². The predicted octanol–water partition coefficient (Wildman–Crippen LogP) is 2.90. The van der Waals surface area contributed by atoms with Crippen LogP contribution in [0.5, 0.6) is 0 Å². The lowest BCUT2D eigenvalue weighted by Gasteiger charge is -2.09. The first-order chi connectivity index (χ1) is 15.3. The van der Waals surface area contributed by atoms with E-state index >= 15 is 0 Å². The minimum absolute atomic E-state index is 0.0320. The minimum Gasteiger partial charge on any atom is -0.368 e. The number of benzene rings is 2. The third-order valence-electron chi connectivity index (χ3n) is 4.52. The number of aromatic nitrogens is 5. The van der Waals surface area contributed by atoms with Crippen molar-refractivity contribution in [1.82, 2.24) is 24.5 Å². The maximum absolute atomic E-state index is 11.7. The Labute approximate surface area is 189 Å². The number of para-hydroxylation sites is 1. The molecule has 0 radical (unpaired) electrons. The van der Waals surface area contributed by atoms with E-state index in [0.717, 1.165) is 29.3 Å². The Morgan fingerprint density at radius 3 is 2.56 bits per heavy atom. The van der Waals surface area contributed by atoms with Gasteiger partial charge in [-0.25, -0.2) is 18.5 Å². The smallest absolute Gasteiger partial charge is 0.238 e. The van der Waals surface area contributed by atoms with Crippen molar-refractivity contribution in [3.05, 3.63) is 54.4 Å². The average molecular weight is 471 g/mol. The highest BCUT2D eigenvalue weighted by Gasteiger charge is 2.16. The Morgan fingerprint density at radius 2 is 1.84 bits per heavy atom. The maximum atomic E-state index is 11.7. The fraction of sp³-hybridized carbons (Fsp3) is 0.200. The van der Waals surface area contributed by atoms with Crippen LogP contribution in [0.1, 0.15) is 19.2 Å². The first kappa shape index (κ1) is 22.0. The SMILES string of the molecule is CCCn1c(SCc2nc(N)nc(Nc3ccccc3)n2)nc2cc(S(N)(=O)=O)ccc21. The van der Waals surface area contributed by atoms with Crippen LogP contribution in [0.4, 0.5) is 17.6 Å². The van der Waals surface area contributed by atoms with E-state index in [0.29, 0.717) is 23.0 Å². The van der Waals surface area contributed by atoms with E-state index in [2.05, 4.69) is 32.2 Å². The molecule has 0 unspecified atom stereocenters. The molecular weight excluding hydrogens is 448 g/mol. The molecule has 0 aliphatic carbocycles. The molecule has 2 aromatic carbocycles. The Balaban J connectivity index is 1.60. The van der Waals surface area contributed by atoms with Gasteiger partial charge in [0, 0.05) is 12.2 Å². The molecule has 0 aliphatic heterocycles. The largest absolute Gasteiger partial charge is 0.368 e. The van der Waals surface area contributed by atoms with Crippen molar-refractivity contribution in [1.29, 1.82) is 0 Å². The van der Waals surface area contributed by atoms with Crippen LogP contribution in [-0.2, 0) is 22.3 Å². The van der Waals surface area contributed by atoms with E-state index < -0.39 is 10.0 Å². The number of hydrogen-bond acceptors (Lipinski definition) is 9. The lowest BCUT2D eigenvalue weighted by Crippen LogP contribution is -2.11. The molecule has 0 bridgehead atoms. The lowest BCUT2D eigenvalue weighted by atomic mass is 10.3. The molecule has 0 fully saturated rings. The van der Waals surface area contributed by atoms with Gasteiger partial charge in [-0.3, -0.25) is 0 Å². The van der Waals surface area contributed by atoms with Crippen LogP contribution in [-0.4, -0.2) is 32.9 Å². The molecule has 0 atom stereocenters. The standard InChI is InChI=1S/C20H22N8O2S2/c1-2-10-28-16-9-8-14(32(22,29)30)11-15(16)24-20(28)31-12-17-25-18(21)27-19(26-17)23-13-6-4-3-5-7-13/h3-9,11H,2,10,12H2,1H3,(H2,22,29,30)(H3,21,23,25,26,27). The van der Waals surface area contributed by atoms with Crippen LogP contribution >= 0.6 is 11.8 Å². The molecule has 0 spiro atoms. The molecule has 166 valence electrons. The highest BCUT2D eigenvalue weighted by Crippen LogP contribution is 2.28. The Bertz CT molecular complexity index is 1360. The van der Waals surface area contributed by atoms with Crippen LogP contribution in [0, 0.1) is 0 Å². The van der Waals surface area contributed by atoms with Crippen LogP contribution < -0.4 is 16.2 Å². The molecule has 2 aromatic heterocycles. The number of thioether (sulfide) groups is 1. The van der Waals surface area contributed by atoms with Crippen molar-refractivity contribution in [3.8, 4) is 0 Å². The molecule has 0 saturated heterocycles. The Kier molecular flexibility index (Phi) is 6.26. The first-order valence-corrected chi connectivity index (χ1v) is 12.3. The summed E-state index contributed by atoms with van der Waals surface area (Å²) in [7, 11) is -3.80. The summed E-state index contributed by atoms with van der Waals surface area (Å²) in [5.74, 6) is 1.39. The van der Waals surface area contributed by atoms with E-state index in [-0.39, 0.29) is 10.8 Å². The number of nitrogens with two attached hydrogens (primary N) is 2. The number of aryl methyl sites for hydroxylation is 1. The molecule has 5 N–H and O–H groups in total. The molecule has 32 heavy (non-hydrogen) atoms. The summed E-state index contributed by atoms with van der Waals surface area (Å²) < 4.78 is 25.4. The third-order valence-corrected chi connectivity index (χ3v) is 6.40. The minimum atomic E-state index is -3.80. The molecule has 0 amide bonds. The number of primary sulfonamides is 1. The van der Waals surface area contributed by atoms with Crippen LogP contribution in [0.3, 0.4) is 0 Å². The summed E-state index contributed by atoms with van der Waals surface area (Å²) in [6, 6.07) is 14.2. The molecule has 2 heterocycles. The quantitative estimate of drug-likeness (QED) is 0.330. The van der Waals surface area contributed by atoms with E-state index in [9.17, 15) is 8.42 Å². The van der Waals surface area contributed by atoms with Gasteiger partial charge in [-0.05, 0) is 36.8 Å². The fourth-order valence-electron chi connectivity index (χ4n) is 3.15. The Morgan fingerprint density at radius 1 is 1.06 bits per heavy atom. The predicted molar refractivity (Wildman–Crippen MR) is 125 cm³/mol. The van der Waals surface area contributed by atoms with Crippen molar-refractivity contribution in [3.63, 3.8) is 0 Å². The van der Waals surface area contributed by atoms with Gasteiger partial charge in [-0.15, -0.1) is 0 Å². The van der Waals surface area contributed by atoms with Gasteiger partial charge < -0.3 is 15.6 Å². The number of nitrogen functional groups attached to an aromatic ring is 1. The number of rotatable bonds is 8. The fourth-order valence-corrected chi connectivity index (χ4v) is 4.58. The zero-order valence-electron chi connectivity index (χ0n) is 17.3. The number of fused-ring (bicyclic) bond motifs is 1. The normalized spacial score (nSPS) is 11.7. The highest BCUT2D eigenvalue weighted by atomic mass is 32.2. The molecule has 0 saturated carbocycles. The number of sulfonamides is 1. The molecular formula is C20H22N8O2S2. The van der Waals surface area contributed by atoms with Gasteiger partial charge in [0.15, 0.2) is 5.16 Å². The molecule has 0 aliphatic rings. The summed E-state index contributed by atoms with van der Waals surface area (Å²) in [6.45, 7) is 2.79. The van der Waals surface area contributed by atoms with Gasteiger partial charge in [0.25, 0.3) is 0 Å². The zero-order chi connectivity index (χ0) is 22.7. The Hall–Kier alpha value is -3.22. The summed E-state index contributed by atoms with van der Waals surface area (Å²) in [4.78, 5) is 17.5. The summed E-state index contributed by atoms with van der Waals surface area (Å²) in [5, 5.41) is 9.10. The summed E-state index contributed by atoms with van der Waals surface area (Å²) in [6.07, 6.45) is 0.889. The van der Waals surface area contributed by atoms with E-state index in [1.165, 1.54) is 23.9 Å². The highest BCUT2D eigenvalue weighted by molar-refractivity contribution is 7.98. The van der Waals surface area contributed by atoms with E-state index in [4.69, 9.17) is 10.9 Å². The van der Waals surface area contributed by atoms with E-state index in [1.807, 2.05) is 34.9 Å². The van der Waals surface area contributed by atoms with Crippen molar-refractivity contribution in [2.45, 2.75) is 35.7 Å². The van der Waals surface area contributed by atoms with Gasteiger partial charge >= 0.3 is 0 Å². The number of nitrogens with zero attached hydrogens (tertiary/aromatic N) is 5. The molecule has 10 nitrogen and oxygen atoms in total. The van der Waals surface area contributed by atoms with Crippen molar-refractivity contribution in [2.24, 2.45) is 5.14 Å². The zero-order valence-corrected chi connectivity index (χ0v) is 18.9. The van der Waals surface area contributed by atoms with Gasteiger partial charge in [-0.2, -0.15) is 15.0 Å². The van der Waals surface area contributed by atoms with Gasteiger partial charge in [0.1, 0.15) is 5.82 Å².